The first-order valence-corrected chi connectivity index (χ1v) is 11.0. The fraction of sp³-hybridized carbons (Fsp3) is 0.350. The number of ether oxygens (including phenoxy) is 1. The number of sulfonamides is 1. The van der Waals surface area contributed by atoms with Crippen molar-refractivity contribution in [1.82, 2.24) is 14.2 Å². The number of aromatic nitrogens is 1. The van der Waals surface area contributed by atoms with Crippen LogP contribution in [-0.2, 0) is 31.4 Å². The van der Waals surface area contributed by atoms with Crippen LogP contribution in [0.3, 0.4) is 0 Å². The summed E-state index contributed by atoms with van der Waals surface area (Å²) in [5, 5.41) is 2.13. The van der Waals surface area contributed by atoms with Gasteiger partial charge in [0.2, 0.25) is 10.0 Å². The van der Waals surface area contributed by atoms with Crippen LogP contribution < -0.4 is 5.32 Å². The van der Waals surface area contributed by atoms with Crippen LogP contribution in [0.25, 0.3) is 0 Å². The molecule has 1 fully saturated rings. The third-order valence-corrected chi connectivity index (χ3v) is 6.82. The van der Waals surface area contributed by atoms with Gasteiger partial charge in [-0.1, -0.05) is 0 Å². The highest BCUT2D eigenvalue weighted by atomic mass is 32.2. The highest BCUT2D eigenvalue weighted by Crippen LogP contribution is 2.24. The third kappa shape index (κ3) is 5.36. The van der Waals surface area contributed by atoms with E-state index in [0.717, 1.165) is 16.4 Å². The standard InChI is InChI=1S/C20H22FN3O6S/c1-23-10-3-5-17(23)19(26)22-18(25)13-30-20(27)14-4-2-11-24(12-14)31(28,29)16-8-6-15(21)7-9-16/h3,5-10,14H,2,4,11-13H2,1H3,(H,22,25,26). The van der Waals surface area contributed by atoms with Gasteiger partial charge in [-0.25, -0.2) is 12.8 Å². The van der Waals surface area contributed by atoms with Crippen LogP contribution in [0.5, 0.6) is 0 Å². The fourth-order valence-corrected chi connectivity index (χ4v) is 4.81. The van der Waals surface area contributed by atoms with Crippen LogP contribution in [0.4, 0.5) is 4.39 Å². The number of amides is 2. The molecule has 0 spiro atoms. The Balaban J connectivity index is 1.54. The maximum Gasteiger partial charge on any atom is 0.310 e. The van der Waals surface area contributed by atoms with E-state index in [1.165, 1.54) is 22.8 Å². The molecule has 3 rings (SSSR count). The van der Waals surface area contributed by atoms with Crippen molar-refractivity contribution in [3.63, 3.8) is 0 Å². The quantitative estimate of drug-likeness (QED) is 0.657. The van der Waals surface area contributed by atoms with Gasteiger partial charge in [-0.2, -0.15) is 4.31 Å². The molecule has 166 valence electrons. The highest BCUT2D eigenvalue weighted by Gasteiger charge is 2.34. The third-order valence-electron chi connectivity index (χ3n) is 4.94. The number of carbonyl (C=O) groups is 3. The van der Waals surface area contributed by atoms with Crippen molar-refractivity contribution in [2.24, 2.45) is 13.0 Å². The summed E-state index contributed by atoms with van der Waals surface area (Å²) in [6.45, 7) is -0.548. The van der Waals surface area contributed by atoms with E-state index in [0.29, 0.717) is 12.8 Å². The van der Waals surface area contributed by atoms with Gasteiger partial charge in [0.25, 0.3) is 11.8 Å². The zero-order valence-electron chi connectivity index (χ0n) is 16.8. The SMILES string of the molecule is Cn1cccc1C(=O)NC(=O)COC(=O)C1CCCN(S(=O)(=O)c2ccc(F)cc2)C1. The summed E-state index contributed by atoms with van der Waals surface area (Å²) in [5.74, 6) is -3.43. The van der Waals surface area contributed by atoms with Crippen LogP contribution >= 0.6 is 0 Å². The minimum absolute atomic E-state index is 0.0681. The van der Waals surface area contributed by atoms with Crippen molar-refractivity contribution in [3.8, 4) is 0 Å². The van der Waals surface area contributed by atoms with Gasteiger partial charge in [0.1, 0.15) is 11.5 Å². The Morgan fingerprint density at radius 3 is 2.55 bits per heavy atom. The lowest BCUT2D eigenvalue weighted by Gasteiger charge is -2.30. The summed E-state index contributed by atoms with van der Waals surface area (Å²) in [6.07, 6.45) is 2.48. The molecule has 0 saturated carbocycles. The van der Waals surface area contributed by atoms with E-state index < -0.39 is 46.1 Å². The maximum absolute atomic E-state index is 13.1. The Bertz CT molecular complexity index is 1080. The van der Waals surface area contributed by atoms with E-state index in [1.807, 2.05) is 0 Å². The first-order valence-electron chi connectivity index (χ1n) is 9.56. The molecule has 1 N–H and O–H groups in total. The van der Waals surface area contributed by atoms with Gasteiger partial charge in [-0.3, -0.25) is 19.7 Å². The topological polar surface area (TPSA) is 115 Å². The molecule has 9 nitrogen and oxygen atoms in total. The largest absolute Gasteiger partial charge is 0.455 e. The van der Waals surface area contributed by atoms with Gasteiger partial charge in [0, 0.05) is 26.3 Å². The van der Waals surface area contributed by atoms with Crippen molar-refractivity contribution in [3.05, 3.63) is 54.1 Å². The minimum Gasteiger partial charge on any atom is -0.455 e. The number of hydrogen-bond acceptors (Lipinski definition) is 6. The van der Waals surface area contributed by atoms with E-state index in [4.69, 9.17) is 4.74 Å². The second-order valence-corrected chi connectivity index (χ2v) is 9.08. The normalized spacial score (nSPS) is 17.2. The van der Waals surface area contributed by atoms with Crippen LogP contribution in [0.1, 0.15) is 23.3 Å². The number of benzene rings is 1. The van der Waals surface area contributed by atoms with Gasteiger partial charge >= 0.3 is 5.97 Å². The molecule has 0 bridgehead atoms. The minimum atomic E-state index is -3.89. The summed E-state index contributed by atoms with van der Waals surface area (Å²) >= 11 is 0. The van der Waals surface area contributed by atoms with E-state index >= 15 is 0 Å². The van der Waals surface area contributed by atoms with E-state index in [-0.39, 0.29) is 23.7 Å². The Kier molecular flexibility index (Phi) is 6.86. The average molecular weight is 451 g/mol. The number of aryl methyl sites for hydroxylation is 1. The molecule has 0 aliphatic carbocycles. The number of esters is 1. The molecule has 1 aromatic heterocycles. The highest BCUT2D eigenvalue weighted by molar-refractivity contribution is 7.89. The summed E-state index contributed by atoms with van der Waals surface area (Å²) in [6, 6.07) is 7.62. The van der Waals surface area contributed by atoms with Gasteiger partial charge < -0.3 is 9.30 Å². The molecular formula is C20H22FN3O6S. The van der Waals surface area contributed by atoms with Gasteiger partial charge in [0.15, 0.2) is 6.61 Å². The number of hydrogen-bond donors (Lipinski definition) is 1. The number of nitrogens with one attached hydrogen (secondary N) is 1. The molecule has 1 aliphatic heterocycles. The van der Waals surface area contributed by atoms with Gasteiger partial charge in [0.05, 0.1) is 10.8 Å². The monoisotopic (exact) mass is 451 g/mol. The number of piperidine rings is 1. The number of imide groups is 1. The smallest absolute Gasteiger partial charge is 0.310 e. The molecule has 2 amide bonds. The number of carbonyl (C=O) groups excluding carboxylic acids is 3. The second kappa shape index (κ2) is 9.40. The van der Waals surface area contributed by atoms with Crippen molar-refractivity contribution >= 4 is 27.8 Å². The van der Waals surface area contributed by atoms with Crippen molar-refractivity contribution in [1.29, 1.82) is 0 Å². The maximum atomic E-state index is 13.1. The Hall–Kier alpha value is -3.05. The number of nitrogens with zero attached hydrogens (tertiary/aromatic N) is 2. The van der Waals surface area contributed by atoms with Gasteiger partial charge in [-0.05, 0) is 49.2 Å². The zero-order chi connectivity index (χ0) is 22.6. The molecule has 11 heteroatoms. The van der Waals surface area contributed by atoms with Crippen LogP contribution in [0.2, 0.25) is 0 Å². The average Bonchev–Trinajstić information content (AvgIpc) is 3.18. The molecule has 2 heterocycles. The van der Waals surface area contributed by atoms with Crippen molar-refractivity contribution in [2.75, 3.05) is 19.7 Å². The predicted molar refractivity (Wildman–Crippen MR) is 107 cm³/mol. The van der Waals surface area contributed by atoms with Crippen LogP contribution in [0, 0.1) is 11.7 Å². The van der Waals surface area contributed by atoms with Crippen LogP contribution in [0.15, 0.2) is 47.5 Å². The van der Waals surface area contributed by atoms with E-state index in [2.05, 4.69) is 5.32 Å². The summed E-state index contributed by atoms with van der Waals surface area (Å²) in [5.41, 5.74) is 0.272. The van der Waals surface area contributed by atoms with Gasteiger partial charge in [-0.15, -0.1) is 0 Å². The summed E-state index contributed by atoms with van der Waals surface area (Å²) < 4.78 is 46.2. The molecule has 31 heavy (non-hydrogen) atoms. The first kappa shape index (κ1) is 22.6. The molecule has 1 aliphatic rings. The molecule has 0 radical (unpaired) electrons. The lowest BCUT2D eigenvalue weighted by Crippen LogP contribution is -2.43. The molecular weight excluding hydrogens is 429 g/mol. The second-order valence-electron chi connectivity index (χ2n) is 7.15. The molecule has 2 aromatic rings. The lowest BCUT2D eigenvalue weighted by molar-refractivity contribution is -0.153. The number of rotatable bonds is 6. The molecule has 1 atom stereocenters. The Morgan fingerprint density at radius 1 is 1.19 bits per heavy atom. The Morgan fingerprint density at radius 2 is 1.90 bits per heavy atom. The van der Waals surface area contributed by atoms with Crippen molar-refractivity contribution < 1.29 is 31.9 Å². The summed E-state index contributed by atoms with van der Waals surface area (Å²) in [7, 11) is -2.24. The first-order chi connectivity index (χ1) is 14.7. The van der Waals surface area contributed by atoms with E-state index in [9.17, 15) is 27.2 Å². The lowest BCUT2D eigenvalue weighted by atomic mass is 10.00. The fourth-order valence-electron chi connectivity index (χ4n) is 3.29. The predicted octanol–water partition coefficient (Wildman–Crippen LogP) is 1.06. The van der Waals surface area contributed by atoms with Crippen molar-refractivity contribution in [2.45, 2.75) is 17.7 Å². The summed E-state index contributed by atoms with van der Waals surface area (Å²) in [4.78, 5) is 36.2. The molecule has 1 saturated heterocycles. The Labute approximate surface area is 178 Å². The molecule has 1 unspecified atom stereocenters. The van der Waals surface area contributed by atoms with E-state index in [1.54, 1.807) is 19.3 Å². The molecule has 1 aromatic carbocycles. The zero-order valence-corrected chi connectivity index (χ0v) is 17.6. The number of halogens is 1. The van der Waals surface area contributed by atoms with Crippen LogP contribution in [-0.4, -0.2) is 54.8 Å².